The molecule has 0 aromatic carbocycles. The van der Waals surface area contributed by atoms with Crippen molar-refractivity contribution in [3.05, 3.63) is 29.2 Å². The number of hydrogen-bond donors (Lipinski definition) is 1. The highest BCUT2D eigenvalue weighted by Crippen LogP contribution is 2.13. The fourth-order valence-corrected chi connectivity index (χ4v) is 2.35. The molecule has 1 saturated heterocycles. The minimum atomic E-state index is 0.524. The molecule has 0 amide bonds. The highest BCUT2D eigenvalue weighted by atomic mass is 35.5. The van der Waals surface area contributed by atoms with E-state index in [4.69, 9.17) is 11.6 Å². The number of pyridine rings is 1. The van der Waals surface area contributed by atoms with Crippen LogP contribution in [-0.4, -0.2) is 27.2 Å². The molecular formula is C11H13ClN4. The number of rotatable bonds is 2. The van der Waals surface area contributed by atoms with Crippen LogP contribution in [0.15, 0.2) is 18.2 Å². The van der Waals surface area contributed by atoms with Gasteiger partial charge in [-0.05, 0) is 31.5 Å². The highest BCUT2D eigenvalue weighted by Gasteiger charge is 2.17. The Balaban J connectivity index is 1.90. The summed E-state index contributed by atoms with van der Waals surface area (Å²) in [6.07, 6.45) is 3.35. The zero-order valence-electron chi connectivity index (χ0n) is 8.86. The lowest BCUT2D eigenvalue weighted by Crippen LogP contribution is -2.24. The largest absolute Gasteiger partial charge is 0.314 e. The molecule has 0 bridgehead atoms. The summed E-state index contributed by atoms with van der Waals surface area (Å²) < 4.78 is 1.69. The molecule has 1 N–H and O–H groups in total. The van der Waals surface area contributed by atoms with Gasteiger partial charge in [0.1, 0.15) is 5.15 Å². The van der Waals surface area contributed by atoms with Crippen LogP contribution in [0.25, 0.3) is 5.65 Å². The standard InChI is InChI=1S/C11H13ClN4/c12-9-4-1-5-11-14-10(15-16(9)11)7-8-3-2-6-13-8/h1,4-5,8,13H,2-3,6-7H2. The summed E-state index contributed by atoms with van der Waals surface area (Å²) in [4.78, 5) is 4.46. The van der Waals surface area contributed by atoms with E-state index in [1.54, 1.807) is 4.52 Å². The van der Waals surface area contributed by atoms with Crippen LogP contribution >= 0.6 is 11.6 Å². The third-order valence-corrected chi connectivity index (χ3v) is 3.23. The molecule has 1 unspecified atom stereocenters. The maximum Gasteiger partial charge on any atom is 0.157 e. The Morgan fingerprint density at radius 2 is 2.44 bits per heavy atom. The Morgan fingerprint density at radius 3 is 3.19 bits per heavy atom. The molecule has 3 rings (SSSR count). The lowest BCUT2D eigenvalue weighted by Gasteiger charge is -2.05. The van der Waals surface area contributed by atoms with Crippen molar-refractivity contribution in [3.8, 4) is 0 Å². The van der Waals surface area contributed by atoms with E-state index in [-0.39, 0.29) is 0 Å². The topological polar surface area (TPSA) is 42.2 Å². The van der Waals surface area contributed by atoms with Crippen LogP contribution in [0.2, 0.25) is 5.15 Å². The Hall–Kier alpha value is -1.13. The van der Waals surface area contributed by atoms with E-state index in [1.807, 2.05) is 18.2 Å². The van der Waals surface area contributed by atoms with E-state index in [0.29, 0.717) is 11.2 Å². The molecule has 2 aromatic rings. The fraction of sp³-hybridized carbons (Fsp3) is 0.455. The maximum absolute atomic E-state index is 6.03. The molecule has 0 saturated carbocycles. The van der Waals surface area contributed by atoms with Crippen molar-refractivity contribution in [2.24, 2.45) is 0 Å². The van der Waals surface area contributed by atoms with Crippen molar-refractivity contribution in [1.82, 2.24) is 19.9 Å². The smallest absolute Gasteiger partial charge is 0.157 e. The summed E-state index contributed by atoms with van der Waals surface area (Å²) in [6.45, 7) is 1.11. The second-order valence-corrected chi connectivity index (χ2v) is 4.53. The molecule has 3 heterocycles. The maximum atomic E-state index is 6.03. The second kappa shape index (κ2) is 4.03. The van der Waals surface area contributed by atoms with Gasteiger partial charge in [0.25, 0.3) is 0 Å². The summed E-state index contributed by atoms with van der Waals surface area (Å²) in [5.74, 6) is 0.868. The minimum Gasteiger partial charge on any atom is -0.314 e. The van der Waals surface area contributed by atoms with E-state index < -0.39 is 0 Å². The predicted molar refractivity (Wildman–Crippen MR) is 62.7 cm³/mol. The normalized spacial score (nSPS) is 20.7. The van der Waals surface area contributed by atoms with E-state index >= 15 is 0 Å². The molecule has 1 atom stereocenters. The molecule has 1 aliphatic rings. The number of nitrogens with zero attached hydrogens (tertiary/aromatic N) is 3. The van der Waals surface area contributed by atoms with Crippen LogP contribution in [0.4, 0.5) is 0 Å². The Bertz CT molecular complexity index is 502. The first-order valence-corrected chi connectivity index (χ1v) is 5.94. The summed E-state index contributed by atoms with van der Waals surface area (Å²) in [5, 5.41) is 8.46. The second-order valence-electron chi connectivity index (χ2n) is 4.14. The van der Waals surface area contributed by atoms with Crippen LogP contribution < -0.4 is 5.32 Å². The van der Waals surface area contributed by atoms with Crippen LogP contribution in [-0.2, 0) is 6.42 Å². The first kappa shape index (κ1) is 10.1. The van der Waals surface area contributed by atoms with Gasteiger partial charge < -0.3 is 5.32 Å². The zero-order chi connectivity index (χ0) is 11.0. The van der Waals surface area contributed by atoms with Gasteiger partial charge in [-0.25, -0.2) is 9.50 Å². The Morgan fingerprint density at radius 1 is 1.50 bits per heavy atom. The lowest BCUT2D eigenvalue weighted by atomic mass is 10.1. The van der Waals surface area contributed by atoms with E-state index in [1.165, 1.54) is 12.8 Å². The molecule has 1 aliphatic heterocycles. The van der Waals surface area contributed by atoms with Crippen molar-refractivity contribution in [2.75, 3.05) is 6.54 Å². The number of hydrogen-bond acceptors (Lipinski definition) is 3. The van der Waals surface area contributed by atoms with Crippen molar-refractivity contribution in [3.63, 3.8) is 0 Å². The molecule has 5 heteroatoms. The molecular weight excluding hydrogens is 224 g/mol. The van der Waals surface area contributed by atoms with Crippen molar-refractivity contribution < 1.29 is 0 Å². The van der Waals surface area contributed by atoms with Gasteiger partial charge in [-0.15, -0.1) is 5.10 Å². The first-order chi connectivity index (χ1) is 7.83. The third kappa shape index (κ3) is 1.79. The van der Waals surface area contributed by atoms with E-state index in [2.05, 4.69) is 15.4 Å². The van der Waals surface area contributed by atoms with Gasteiger partial charge in [-0.1, -0.05) is 17.7 Å². The monoisotopic (exact) mass is 236 g/mol. The highest BCUT2D eigenvalue weighted by molar-refractivity contribution is 6.29. The summed E-state index contributed by atoms with van der Waals surface area (Å²) >= 11 is 6.03. The van der Waals surface area contributed by atoms with Gasteiger partial charge in [-0.3, -0.25) is 0 Å². The summed E-state index contributed by atoms with van der Waals surface area (Å²) in [7, 11) is 0. The SMILES string of the molecule is Clc1cccc2nc(CC3CCCN3)nn12. The van der Waals surface area contributed by atoms with Crippen molar-refractivity contribution >= 4 is 17.2 Å². The van der Waals surface area contributed by atoms with E-state index in [9.17, 15) is 0 Å². The van der Waals surface area contributed by atoms with Crippen LogP contribution in [0.1, 0.15) is 18.7 Å². The number of aromatic nitrogens is 3. The van der Waals surface area contributed by atoms with Crippen LogP contribution in [0, 0.1) is 0 Å². The van der Waals surface area contributed by atoms with Crippen molar-refractivity contribution in [2.45, 2.75) is 25.3 Å². The molecule has 4 nitrogen and oxygen atoms in total. The molecule has 0 spiro atoms. The van der Waals surface area contributed by atoms with Gasteiger partial charge in [0.15, 0.2) is 11.5 Å². The van der Waals surface area contributed by atoms with Gasteiger partial charge in [0.05, 0.1) is 0 Å². The average molecular weight is 237 g/mol. The summed E-state index contributed by atoms with van der Waals surface area (Å²) in [5.41, 5.74) is 0.820. The summed E-state index contributed by atoms with van der Waals surface area (Å²) in [6, 6.07) is 6.16. The Labute approximate surface area is 98.6 Å². The van der Waals surface area contributed by atoms with Gasteiger partial charge in [0.2, 0.25) is 0 Å². The molecule has 84 valence electrons. The Kier molecular flexibility index (Phi) is 2.53. The lowest BCUT2D eigenvalue weighted by molar-refractivity contribution is 0.585. The van der Waals surface area contributed by atoms with Gasteiger partial charge >= 0.3 is 0 Å². The molecule has 0 aliphatic carbocycles. The fourth-order valence-electron chi connectivity index (χ4n) is 2.16. The number of halogens is 1. The quantitative estimate of drug-likeness (QED) is 0.807. The molecule has 1 fully saturated rings. The predicted octanol–water partition coefficient (Wildman–Crippen LogP) is 1.68. The number of nitrogens with one attached hydrogen (secondary N) is 1. The van der Waals surface area contributed by atoms with Gasteiger partial charge in [-0.2, -0.15) is 0 Å². The number of fused-ring (bicyclic) bond motifs is 1. The van der Waals surface area contributed by atoms with Crippen LogP contribution in [0.5, 0.6) is 0 Å². The third-order valence-electron chi connectivity index (χ3n) is 2.95. The van der Waals surface area contributed by atoms with Gasteiger partial charge in [0, 0.05) is 12.5 Å². The average Bonchev–Trinajstić information content (AvgIpc) is 2.88. The molecule has 2 aromatic heterocycles. The van der Waals surface area contributed by atoms with E-state index in [0.717, 1.165) is 24.4 Å². The first-order valence-electron chi connectivity index (χ1n) is 5.56. The van der Waals surface area contributed by atoms with Crippen LogP contribution in [0.3, 0.4) is 0 Å². The molecule has 0 radical (unpaired) electrons. The zero-order valence-corrected chi connectivity index (χ0v) is 9.61. The minimum absolute atomic E-state index is 0.524. The molecule has 16 heavy (non-hydrogen) atoms. The van der Waals surface area contributed by atoms with Crippen molar-refractivity contribution in [1.29, 1.82) is 0 Å².